The number of sulfonamides is 1. The topological polar surface area (TPSA) is 49.4 Å². The summed E-state index contributed by atoms with van der Waals surface area (Å²) >= 11 is 0. The minimum Gasteiger partial charge on any atom is -0.316 e. The van der Waals surface area contributed by atoms with Gasteiger partial charge in [-0.2, -0.15) is 4.31 Å². The molecule has 4 nitrogen and oxygen atoms in total. The second kappa shape index (κ2) is 7.09. The molecular formula is C17H27ClN2O2S. The van der Waals surface area contributed by atoms with Crippen molar-refractivity contribution in [2.45, 2.75) is 43.9 Å². The van der Waals surface area contributed by atoms with Gasteiger partial charge in [0, 0.05) is 19.6 Å². The molecule has 1 N–H and O–H groups in total. The SMILES string of the molecule is CC(C)c1ccc(S(=O)(=O)N2CCC3(CCCNC3)C2)cc1.Cl. The van der Waals surface area contributed by atoms with Gasteiger partial charge < -0.3 is 5.32 Å². The van der Waals surface area contributed by atoms with Crippen LogP contribution in [0.1, 0.15) is 44.6 Å². The van der Waals surface area contributed by atoms with E-state index < -0.39 is 10.0 Å². The normalized spacial score (nSPS) is 25.7. The smallest absolute Gasteiger partial charge is 0.243 e. The molecule has 2 aliphatic rings. The Bertz CT molecular complexity index is 622. The van der Waals surface area contributed by atoms with Crippen LogP contribution in [0.3, 0.4) is 0 Å². The first-order valence-corrected chi connectivity index (χ1v) is 9.68. The highest BCUT2D eigenvalue weighted by molar-refractivity contribution is 7.89. The van der Waals surface area contributed by atoms with Crippen molar-refractivity contribution in [3.63, 3.8) is 0 Å². The number of nitrogens with one attached hydrogen (secondary N) is 1. The van der Waals surface area contributed by atoms with Crippen LogP contribution in [0.5, 0.6) is 0 Å². The lowest BCUT2D eigenvalue weighted by molar-refractivity contribution is 0.224. The van der Waals surface area contributed by atoms with Gasteiger partial charge in [0.15, 0.2) is 0 Å². The second-order valence-corrected chi connectivity index (χ2v) is 9.03. The van der Waals surface area contributed by atoms with Crippen molar-refractivity contribution in [1.29, 1.82) is 0 Å². The van der Waals surface area contributed by atoms with Crippen molar-refractivity contribution < 1.29 is 8.42 Å². The molecule has 2 aliphatic heterocycles. The van der Waals surface area contributed by atoms with Crippen molar-refractivity contribution in [1.82, 2.24) is 9.62 Å². The number of rotatable bonds is 3. The third kappa shape index (κ3) is 3.73. The molecule has 2 heterocycles. The fourth-order valence-electron chi connectivity index (χ4n) is 3.65. The maximum atomic E-state index is 12.8. The molecule has 1 unspecified atom stereocenters. The van der Waals surface area contributed by atoms with Crippen LogP contribution in [0, 0.1) is 5.41 Å². The highest BCUT2D eigenvalue weighted by Crippen LogP contribution is 2.38. The summed E-state index contributed by atoms with van der Waals surface area (Å²) in [4.78, 5) is 0.428. The predicted molar refractivity (Wildman–Crippen MR) is 95.7 cm³/mol. The highest BCUT2D eigenvalue weighted by Gasteiger charge is 2.43. The third-order valence-electron chi connectivity index (χ3n) is 5.15. The van der Waals surface area contributed by atoms with Gasteiger partial charge in [0.1, 0.15) is 0 Å². The van der Waals surface area contributed by atoms with Crippen molar-refractivity contribution in [3.05, 3.63) is 29.8 Å². The third-order valence-corrected chi connectivity index (χ3v) is 7.01. The summed E-state index contributed by atoms with van der Waals surface area (Å²) in [6.45, 7) is 7.55. The van der Waals surface area contributed by atoms with Crippen LogP contribution in [0.2, 0.25) is 0 Å². The lowest BCUT2D eigenvalue weighted by Crippen LogP contribution is -2.42. The van der Waals surface area contributed by atoms with Crippen LogP contribution in [-0.2, 0) is 10.0 Å². The van der Waals surface area contributed by atoms with E-state index in [1.165, 1.54) is 5.56 Å². The average molecular weight is 359 g/mol. The van der Waals surface area contributed by atoms with E-state index in [9.17, 15) is 8.42 Å². The lowest BCUT2D eigenvalue weighted by atomic mass is 9.80. The standard InChI is InChI=1S/C17H26N2O2S.ClH/c1-14(2)15-4-6-16(7-5-15)22(20,21)19-11-9-17(13-19)8-3-10-18-12-17;/h4-7,14,18H,3,8-13H2,1-2H3;1H. The molecule has 1 spiro atoms. The molecule has 0 amide bonds. The quantitative estimate of drug-likeness (QED) is 0.903. The number of halogens is 1. The number of benzene rings is 1. The minimum atomic E-state index is -3.35. The van der Waals surface area contributed by atoms with E-state index >= 15 is 0 Å². The fourth-order valence-corrected chi connectivity index (χ4v) is 5.21. The Morgan fingerprint density at radius 3 is 2.43 bits per heavy atom. The molecule has 0 aliphatic carbocycles. The zero-order valence-corrected chi connectivity index (χ0v) is 15.5. The molecule has 23 heavy (non-hydrogen) atoms. The van der Waals surface area contributed by atoms with Crippen LogP contribution in [-0.4, -0.2) is 38.9 Å². The highest BCUT2D eigenvalue weighted by atomic mass is 35.5. The summed E-state index contributed by atoms with van der Waals surface area (Å²) in [5.41, 5.74) is 1.33. The Labute approximate surface area is 146 Å². The van der Waals surface area contributed by atoms with Crippen molar-refractivity contribution in [2.75, 3.05) is 26.2 Å². The Morgan fingerprint density at radius 2 is 1.87 bits per heavy atom. The molecule has 2 fully saturated rings. The van der Waals surface area contributed by atoms with Gasteiger partial charge in [-0.25, -0.2) is 8.42 Å². The van der Waals surface area contributed by atoms with Gasteiger partial charge in [0.25, 0.3) is 0 Å². The Balaban J connectivity index is 0.00000192. The summed E-state index contributed by atoms with van der Waals surface area (Å²) in [5.74, 6) is 0.417. The Kier molecular flexibility index (Phi) is 5.77. The lowest BCUT2D eigenvalue weighted by Gasteiger charge is -2.33. The van der Waals surface area contributed by atoms with E-state index in [-0.39, 0.29) is 17.8 Å². The number of hydrogen-bond donors (Lipinski definition) is 1. The van der Waals surface area contributed by atoms with E-state index in [2.05, 4.69) is 19.2 Å². The molecule has 0 radical (unpaired) electrons. The van der Waals surface area contributed by atoms with Gasteiger partial charge >= 0.3 is 0 Å². The number of piperidine rings is 1. The average Bonchev–Trinajstić information content (AvgIpc) is 2.92. The van der Waals surface area contributed by atoms with Crippen LogP contribution in [0.4, 0.5) is 0 Å². The summed E-state index contributed by atoms with van der Waals surface area (Å²) in [6, 6.07) is 7.39. The predicted octanol–water partition coefficient (Wildman–Crippen LogP) is 3.00. The maximum Gasteiger partial charge on any atom is 0.243 e. The molecule has 2 saturated heterocycles. The maximum absolute atomic E-state index is 12.8. The zero-order valence-electron chi connectivity index (χ0n) is 13.9. The molecular weight excluding hydrogens is 332 g/mol. The molecule has 130 valence electrons. The molecule has 1 aromatic rings. The van der Waals surface area contributed by atoms with E-state index in [0.29, 0.717) is 23.9 Å². The van der Waals surface area contributed by atoms with Gasteiger partial charge in [0.2, 0.25) is 10.0 Å². The first kappa shape index (κ1) is 18.7. The van der Waals surface area contributed by atoms with Crippen LogP contribution in [0.15, 0.2) is 29.2 Å². The van der Waals surface area contributed by atoms with E-state index in [4.69, 9.17) is 0 Å². The summed E-state index contributed by atoms with van der Waals surface area (Å²) in [6.07, 6.45) is 3.26. The van der Waals surface area contributed by atoms with Crippen LogP contribution >= 0.6 is 12.4 Å². The van der Waals surface area contributed by atoms with Crippen LogP contribution in [0.25, 0.3) is 0 Å². The minimum absolute atomic E-state index is 0. The van der Waals surface area contributed by atoms with Gasteiger partial charge in [0.05, 0.1) is 4.90 Å². The summed E-state index contributed by atoms with van der Waals surface area (Å²) in [5, 5.41) is 3.43. The van der Waals surface area contributed by atoms with Gasteiger partial charge in [-0.05, 0) is 54.8 Å². The molecule has 6 heteroatoms. The molecule has 1 aromatic carbocycles. The first-order chi connectivity index (χ1) is 10.4. The van der Waals surface area contributed by atoms with Crippen molar-refractivity contribution in [2.24, 2.45) is 5.41 Å². The fraction of sp³-hybridized carbons (Fsp3) is 0.647. The molecule has 0 bridgehead atoms. The van der Waals surface area contributed by atoms with E-state index in [0.717, 1.165) is 32.4 Å². The zero-order chi connectivity index (χ0) is 15.8. The molecule has 0 aromatic heterocycles. The summed E-state index contributed by atoms with van der Waals surface area (Å²) in [7, 11) is -3.35. The van der Waals surface area contributed by atoms with Crippen molar-refractivity contribution in [3.8, 4) is 0 Å². The number of hydrogen-bond acceptors (Lipinski definition) is 3. The summed E-state index contributed by atoms with van der Waals surface area (Å²) < 4.78 is 27.4. The Hall–Kier alpha value is -0.620. The van der Waals surface area contributed by atoms with E-state index in [1.54, 1.807) is 16.4 Å². The molecule has 1 atom stereocenters. The second-order valence-electron chi connectivity index (χ2n) is 7.09. The van der Waals surface area contributed by atoms with Gasteiger partial charge in [-0.3, -0.25) is 0 Å². The Morgan fingerprint density at radius 1 is 1.17 bits per heavy atom. The molecule has 0 saturated carbocycles. The largest absolute Gasteiger partial charge is 0.316 e. The van der Waals surface area contributed by atoms with Gasteiger partial charge in [-0.1, -0.05) is 26.0 Å². The van der Waals surface area contributed by atoms with Gasteiger partial charge in [-0.15, -0.1) is 12.4 Å². The number of nitrogens with zero attached hydrogens (tertiary/aromatic N) is 1. The first-order valence-electron chi connectivity index (χ1n) is 8.24. The monoisotopic (exact) mass is 358 g/mol. The molecule has 3 rings (SSSR count). The van der Waals surface area contributed by atoms with Crippen molar-refractivity contribution >= 4 is 22.4 Å². The van der Waals surface area contributed by atoms with E-state index in [1.807, 2.05) is 12.1 Å². The van der Waals surface area contributed by atoms with Crippen LogP contribution < -0.4 is 5.32 Å².